The van der Waals surface area contributed by atoms with E-state index in [1.54, 1.807) is 11.0 Å². The summed E-state index contributed by atoms with van der Waals surface area (Å²) in [5, 5.41) is 3.17. The molecule has 3 heterocycles. The van der Waals surface area contributed by atoms with Crippen LogP contribution in [0.5, 0.6) is 0 Å². The average molecular weight is 464 g/mol. The van der Waals surface area contributed by atoms with Gasteiger partial charge in [0.1, 0.15) is 16.8 Å². The third kappa shape index (κ3) is 5.57. The molecule has 9 nitrogen and oxygen atoms in total. The first-order valence-electron chi connectivity index (χ1n) is 11.1. The molecule has 1 N–H and O–H groups in total. The van der Waals surface area contributed by atoms with Crippen LogP contribution < -0.4 is 5.32 Å². The maximum atomic E-state index is 13.2. The smallest absolute Gasteiger partial charge is 0.414 e. The molecule has 32 heavy (non-hydrogen) atoms. The van der Waals surface area contributed by atoms with Crippen LogP contribution >= 0.6 is 11.6 Å². The number of nitrogens with one attached hydrogen (secondary N) is 1. The second kappa shape index (κ2) is 9.33. The fraction of sp³-hybridized carbons (Fsp3) is 0.636. The number of carbonyl (C=O) groups excluding carboxylic acids is 2. The summed E-state index contributed by atoms with van der Waals surface area (Å²) < 4.78 is 11.1. The zero-order valence-corrected chi connectivity index (χ0v) is 19.5. The fourth-order valence-electron chi connectivity index (χ4n) is 3.72. The Kier molecular flexibility index (Phi) is 6.69. The topological polar surface area (TPSA) is 95.8 Å². The molecule has 0 aromatic rings. The zero-order chi connectivity index (χ0) is 22.9. The summed E-state index contributed by atoms with van der Waals surface area (Å²) >= 11 is 6.34. The molecule has 0 radical (unpaired) electrons. The highest BCUT2D eigenvalue weighted by Gasteiger charge is 2.38. The van der Waals surface area contributed by atoms with Crippen LogP contribution in [0, 0.1) is 0 Å². The number of halogens is 1. The molecule has 1 aliphatic carbocycles. The lowest BCUT2D eigenvalue weighted by Gasteiger charge is -2.34. The lowest BCUT2D eigenvalue weighted by Crippen LogP contribution is -2.46. The van der Waals surface area contributed by atoms with Crippen LogP contribution in [0.2, 0.25) is 0 Å². The molecule has 1 unspecified atom stereocenters. The molecular formula is C22H30ClN5O4. The average Bonchev–Trinajstić information content (AvgIpc) is 3.43. The number of allylic oxidation sites excluding steroid dienone is 1. The molecule has 174 valence electrons. The number of rotatable bonds is 6. The number of carbonyl (C=O) groups is 2. The highest BCUT2D eigenvalue weighted by atomic mass is 35.5. The van der Waals surface area contributed by atoms with Crippen LogP contribution in [0.1, 0.15) is 33.6 Å². The minimum atomic E-state index is -0.658. The molecule has 10 heteroatoms. The van der Waals surface area contributed by atoms with E-state index in [1.807, 2.05) is 20.8 Å². The molecule has 3 aliphatic heterocycles. The van der Waals surface area contributed by atoms with Crippen molar-refractivity contribution in [1.29, 1.82) is 0 Å². The first-order chi connectivity index (χ1) is 15.2. The van der Waals surface area contributed by atoms with Gasteiger partial charge >= 0.3 is 6.09 Å². The van der Waals surface area contributed by atoms with Crippen molar-refractivity contribution in [1.82, 2.24) is 15.1 Å². The predicted octanol–water partition coefficient (Wildman–Crippen LogP) is 2.08. The summed E-state index contributed by atoms with van der Waals surface area (Å²) in [6.07, 6.45) is 4.65. The van der Waals surface area contributed by atoms with Gasteiger partial charge in [-0.1, -0.05) is 11.6 Å². The summed E-state index contributed by atoms with van der Waals surface area (Å²) in [5.41, 5.74) is 0.760. The maximum absolute atomic E-state index is 13.2. The Balaban J connectivity index is 1.58. The fourth-order valence-corrected chi connectivity index (χ4v) is 3.92. The van der Waals surface area contributed by atoms with E-state index >= 15 is 0 Å². The van der Waals surface area contributed by atoms with Crippen molar-refractivity contribution in [3.8, 4) is 0 Å². The van der Waals surface area contributed by atoms with Crippen molar-refractivity contribution in [3.05, 3.63) is 23.0 Å². The van der Waals surface area contributed by atoms with Gasteiger partial charge in [0.2, 0.25) is 0 Å². The van der Waals surface area contributed by atoms with Gasteiger partial charge in [0, 0.05) is 38.4 Å². The van der Waals surface area contributed by atoms with Crippen molar-refractivity contribution < 1.29 is 19.1 Å². The van der Waals surface area contributed by atoms with E-state index in [0.717, 1.165) is 25.9 Å². The molecular weight excluding hydrogens is 434 g/mol. The molecule has 1 saturated heterocycles. The summed E-state index contributed by atoms with van der Waals surface area (Å²) in [6.45, 7) is 9.49. The highest BCUT2D eigenvalue weighted by Crippen LogP contribution is 2.33. The zero-order valence-electron chi connectivity index (χ0n) is 18.8. The molecule has 1 saturated carbocycles. The Morgan fingerprint density at radius 2 is 2.03 bits per heavy atom. The second-order valence-corrected chi connectivity index (χ2v) is 9.70. The van der Waals surface area contributed by atoms with Crippen LogP contribution in [0.15, 0.2) is 33.0 Å². The van der Waals surface area contributed by atoms with Gasteiger partial charge in [-0.2, -0.15) is 0 Å². The van der Waals surface area contributed by atoms with Gasteiger partial charge in [0.05, 0.1) is 30.2 Å². The molecule has 4 rings (SSSR count). The molecule has 1 atom stereocenters. The van der Waals surface area contributed by atoms with Gasteiger partial charge in [0.15, 0.2) is 0 Å². The van der Waals surface area contributed by atoms with Crippen molar-refractivity contribution >= 4 is 35.0 Å². The normalized spacial score (nSPS) is 23.4. The number of amides is 2. The van der Waals surface area contributed by atoms with Crippen molar-refractivity contribution in [2.75, 3.05) is 39.4 Å². The number of hydrogen-bond acceptors (Lipinski definition) is 7. The van der Waals surface area contributed by atoms with Crippen LogP contribution in [0.25, 0.3) is 0 Å². The van der Waals surface area contributed by atoms with E-state index in [9.17, 15) is 9.59 Å². The van der Waals surface area contributed by atoms with Gasteiger partial charge in [-0.05, 0) is 39.7 Å². The molecule has 0 aromatic heterocycles. The van der Waals surface area contributed by atoms with Crippen molar-refractivity contribution in [2.45, 2.75) is 51.3 Å². The SMILES string of the molecule is CC(C)(C)OC(=O)N(CCN1CCOCC1)C1=CC(Cl)=NC2=C(C(=O)NC3CC3)C=NC12. The number of nitrogens with zero attached hydrogens (tertiary/aromatic N) is 4. The summed E-state index contributed by atoms with van der Waals surface area (Å²) in [5.74, 6) is -0.208. The lowest BCUT2D eigenvalue weighted by atomic mass is 10.0. The summed E-state index contributed by atoms with van der Waals surface area (Å²) in [6, 6.07) is -0.359. The third-order valence-corrected chi connectivity index (χ3v) is 5.68. The minimum absolute atomic E-state index is 0.202. The molecule has 0 aromatic carbocycles. The van der Waals surface area contributed by atoms with E-state index in [4.69, 9.17) is 21.1 Å². The molecule has 4 aliphatic rings. The van der Waals surface area contributed by atoms with Gasteiger partial charge in [-0.3, -0.25) is 19.6 Å². The summed E-state index contributed by atoms with van der Waals surface area (Å²) in [4.78, 5) is 38.6. The number of morpholine rings is 1. The van der Waals surface area contributed by atoms with E-state index in [2.05, 4.69) is 20.2 Å². The highest BCUT2D eigenvalue weighted by molar-refractivity contribution is 6.68. The van der Waals surface area contributed by atoms with Crippen LogP contribution in [-0.2, 0) is 14.3 Å². The van der Waals surface area contributed by atoms with Crippen LogP contribution in [0.3, 0.4) is 0 Å². The lowest BCUT2D eigenvalue weighted by molar-refractivity contribution is -0.117. The Morgan fingerprint density at radius 3 is 2.69 bits per heavy atom. The van der Waals surface area contributed by atoms with E-state index < -0.39 is 17.7 Å². The van der Waals surface area contributed by atoms with Crippen molar-refractivity contribution in [2.24, 2.45) is 9.98 Å². The van der Waals surface area contributed by atoms with Gasteiger partial charge in [0.25, 0.3) is 5.91 Å². The number of fused-ring (bicyclic) bond motifs is 1. The molecule has 2 amide bonds. The number of ether oxygens (including phenoxy) is 2. The quantitative estimate of drug-likeness (QED) is 0.650. The van der Waals surface area contributed by atoms with Crippen LogP contribution in [-0.4, -0.2) is 90.3 Å². The number of hydrogen-bond donors (Lipinski definition) is 1. The summed E-state index contributed by atoms with van der Waals surface area (Å²) in [7, 11) is 0. The number of dihydropyridines is 1. The van der Waals surface area contributed by atoms with E-state index in [1.165, 1.54) is 6.21 Å². The maximum Gasteiger partial charge on any atom is 0.414 e. The largest absolute Gasteiger partial charge is 0.443 e. The first-order valence-corrected chi connectivity index (χ1v) is 11.4. The molecule has 0 spiro atoms. The van der Waals surface area contributed by atoms with Crippen molar-refractivity contribution in [3.63, 3.8) is 0 Å². The Morgan fingerprint density at radius 1 is 1.31 bits per heavy atom. The van der Waals surface area contributed by atoms with Gasteiger partial charge in [-0.15, -0.1) is 0 Å². The standard InChI is InChI=1S/C22H30ClN5O4/c1-22(2,3)32-21(30)28(7-6-27-8-10-31-11-9-27)16-12-17(23)26-18-15(13-24-19(16)18)20(29)25-14-4-5-14/h12-14,19H,4-11H2,1-3H3,(H,25,29). The van der Waals surface area contributed by atoms with Gasteiger partial charge < -0.3 is 14.8 Å². The van der Waals surface area contributed by atoms with E-state index in [-0.39, 0.29) is 17.1 Å². The van der Waals surface area contributed by atoms with Gasteiger partial charge in [-0.25, -0.2) is 9.79 Å². The second-order valence-electron chi connectivity index (χ2n) is 9.32. The molecule has 2 fully saturated rings. The van der Waals surface area contributed by atoms with Crippen LogP contribution in [0.4, 0.5) is 4.79 Å². The molecule has 0 bridgehead atoms. The Bertz CT molecular complexity index is 894. The predicted molar refractivity (Wildman–Crippen MR) is 122 cm³/mol. The van der Waals surface area contributed by atoms with E-state index in [0.29, 0.717) is 43.3 Å². The minimum Gasteiger partial charge on any atom is -0.443 e. The Hall–Kier alpha value is -2.23. The Labute approximate surface area is 193 Å². The monoisotopic (exact) mass is 463 g/mol. The first kappa shape index (κ1) is 22.9. The third-order valence-electron chi connectivity index (χ3n) is 5.49. The number of aliphatic imine (C=N–C) groups is 2.